The van der Waals surface area contributed by atoms with Gasteiger partial charge in [0.1, 0.15) is 28.8 Å². The lowest BCUT2D eigenvalue weighted by Gasteiger charge is -2.49. The Bertz CT molecular complexity index is 1520. The normalized spacial score (nSPS) is 19.3. The van der Waals surface area contributed by atoms with E-state index in [-0.39, 0.29) is 20.9 Å². The highest BCUT2D eigenvalue weighted by Gasteiger charge is 2.54. The van der Waals surface area contributed by atoms with Gasteiger partial charge >= 0.3 is 5.97 Å². The summed E-state index contributed by atoms with van der Waals surface area (Å²) in [6, 6.07) is 2.30. The van der Waals surface area contributed by atoms with E-state index < -0.39 is 35.6 Å². The number of rotatable bonds is 7. The van der Waals surface area contributed by atoms with Crippen LogP contribution in [0.4, 0.5) is 5.13 Å². The van der Waals surface area contributed by atoms with Crippen molar-refractivity contribution in [2.45, 2.75) is 29.3 Å². The van der Waals surface area contributed by atoms with Crippen LogP contribution in [-0.4, -0.2) is 60.8 Å². The van der Waals surface area contributed by atoms with Crippen molar-refractivity contribution in [1.82, 2.24) is 20.2 Å². The summed E-state index contributed by atoms with van der Waals surface area (Å²) in [4.78, 5) is 48.2. The average molecular weight is 593 g/mol. The van der Waals surface area contributed by atoms with Gasteiger partial charge in [-0.05, 0) is 12.8 Å². The van der Waals surface area contributed by atoms with E-state index in [9.17, 15) is 24.7 Å². The largest absolute Gasteiger partial charge is 0.477 e. The number of pyridine rings is 1. The van der Waals surface area contributed by atoms with Gasteiger partial charge in [-0.25, -0.2) is 19.3 Å². The van der Waals surface area contributed by atoms with Gasteiger partial charge in [0, 0.05) is 28.0 Å². The summed E-state index contributed by atoms with van der Waals surface area (Å²) in [5.41, 5.74) is 6.57. The number of nitrogens with zero attached hydrogens (tertiary/aromatic N) is 5. The van der Waals surface area contributed by atoms with Gasteiger partial charge in [0.05, 0.1) is 11.7 Å². The molecule has 0 saturated carbocycles. The lowest BCUT2D eigenvalue weighted by molar-refractivity contribution is -0.671. The molecule has 5 heterocycles. The van der Waals surface area contributed by atoms with Crippen LogP contribution in [0.1, 0.15) is 18.5 Å². The first-order valence-electron chi connectivity index (χ1n) is 11.0. The average Bonchev–Trinajstić information content (AvgIpc) is 3.48. The second kappa shape index (κ2) is 10.3. The number of carboxylic acid groups (broad SMARTS) is 1. The van der Waals surface area contributed by atoms with Crippen LogP contribution in [0.25, 0.3) is 11.3 Å². The molecule has 0 radical (unpaired) electrons. The van der Waals surface area contributed by atoms with Crippen molar-refractivity contribution in [2.75, 3.05) is 5.73 Å². The number of hydrogen-bond donors (Lipinski definition) is 4. The number of nitrogens with two attached hydrogens (primary N) is 1. The molecule has 0 bridgehead atoms. The van der Waals surface area contributed by atoms with Gasteiger partial charge in [-0.15, -0.1) is 11.3 Å². The molecule has 5 rings (SSSR count). The third kappa shape index (κ3) is 4.73. The minimum atomic E-state index is -1.25. The van der Waals surface area contributed by atoms with Crippen molar-refractivity contribution in [1.29, 1.82) is 0 Å². The zero-order chi connectivity index (χ0) is 27.1. The topological polar surface area (TPSA) is 175 Å². The molecule has 38 heavy (non-hydrogen) atoms. The number of oxime groups is 1. The predicted octanol–water partition coefficient (Wildman–Crippen LogP) is 2.08. The summed E-state index contributed by atoms with van der Waals surface area (Å²) in [6.45, 7) is 0. The van der Waals surface area contributed by atoms with Crippen LogP contribution in [-0.2, 0) is 21.4 Å². The summed E-state index contributed by atoms with van der Waals surface area (Å²) in [6.07, 6.45) is 4.61. The van der Waals surface area contributed by atoms with Crippen LogP contribution >= 0.6 is 46.0 Å². The van der Waals surface area contributed by atoms with E-state index in [4.69, 9.17) is 17.3 Å². The van der Waals surface area contributed by atoms with Gasteiger partial charge in [-0.3, -0.25) is 14.5 Å². The number of carbonyl (C=O) groups excluding carboxylic acids is 2. The lowest BCUT2D eigenvalue weighted by atomic mass is 9.86. The number of fused-ring (bicyclic) bond motifs is 1. The number of aromatic nitrogens is 3. The number of aryl methyl sites for hydroxylation is 1. The number of nitrogen functional groups attached to an aromatic ring is 1. The third-order valence-corrected chi connectivity index (χ3v) is 9.16. The number of nitrogens with one attached hydrogen (secondary N) is 1. The number of carboxylic acids is 1. The predicted molar refractivity (Wildman–Crippen MR) is 141 cm³/mol. The van der Waals surface area contributed by atoms with Gasteiger partial charge in [0.25, 0.3) is 11.8 Å². The van der Waals surface area contributed by atoms with Gasteiger partial charge in [0.2, 0.25) is 0 Å². The molecule has 2 aliphatic heterocycles. The number of anilines is 1. The fourth-order valence-electron chi connectivity index (χ4n) is 4.21. The molecule has 3 aromatic heterocycles. The smallest absolute Gasteiger partial charge is 0.353 e. The number of allylic oxidation sites excluding steroid dienone is 1. The summed E-state index contributed by atoms with van der Waals surface area (Å²) < 4.78 is 2.62. The van der Waals surface area contributed by atoms with Crippen molar-refractivity contribution in [3.8, 4) is 11.3 Å². The van der Waals surface area contributed by atoms with Gasteiger partial charge < -0.3 is 21.4 Å². The van der Waals surface area contributed by atoms with E-state index in [0.29, 0.717) is 22.1 Å². The molecule has 0 aromatic carbocycles. The standard InChI is InChI=1S/C22H18ClN7O5S3/c1-29-6-4-9(5-7-29)10-8-36-22(25-10)37-12-3-2-11-13(19(32)30(11)16(12)20(33)34)26-18(31)15(28-35)14-17(23)38-21(24)27-14/h4-8,11,13H,2-3H2,1H3,(H4-,24,26,27,31,33,34,35)/p+1/t11-,13+/m1/s1. The Balaban J connectivity index is 1.33. The molecule has 2 aliphatic rings. The molecule has 1 fully saturated rings. The molecule has 16 heteroatoms. The van der Waals surface area contributed by atoms with Crippen molar-refractivity contribution in [3.05, 3.63) is 50.5 Å². The summed E-state index contributed by atoms with van der Waals surface area (Å²) in [5, 5.41) is 26.8. The van der Waals surface area contributed by atoms with E-state index >= 15 is 0 Å². The molecule has 196 valence electrons. The Kier molecular flexibility index (Phi) is 7.09. The van der Waals surface area contributed by atoms with Gasteiger partial charge in [-0.2, -0.15) is 0 Å². The molecule has 0 spiro atoms. The quantitative estimate of drug-likeness (QED) is 0.105. The first-order chi connectivity index (χ1) is 18.2. The highest BCUT2D eigenvalue weighted by molar-refractivity contribution is 8.04. The Morgan fingerprint density at radius 1 is 1.34 bits per heavy atom. The number of amides is 2. The highest BCUT2D eigenvalue weighted by Crippen LogP contribution is 2.44. The molecule has 0 unspecified atom stereocenters. The van der Waals surface area contributed by atoms with E-state index in [0.717, 1.165) is 22.6 Å². The van der Waals surface area contributed by atoms with Crippen LogP contribution in [0.3, 0.4) is 0 Å². The number of hydrogen-bond acceptors (Lipinski definition) is 11. The molecule has 5 N–H and O–H groups in total. The molecular weight excluding hydrogens is 574 g/mol. The fourth-order valence-corrected chi connectivity index (χ4v) is 7.19. The number of aliphatic carboxylic acids is 1. The van der Waals surface area contributed by atoms with Crippen LogP contribution in [0, 0.1) is 0 Å². The first-order valence-corrected chi connectivity index (χ1v) is 13.9. The second-order valence-electron chi connectivity index (χ2n) is 8.32. The zero-order valence-corrected chi connectivity index (χ0v) is 22.7. The Labute approximate surface area is 232 Å². The molecule has 2 amide bonds. The van der Waals surface area contributed by atoms with E-state index in [1.54, 1.807) is 0 Å². The molecular formula is C22H19ClN7O5S3+. The minimum absolute atomic E-state index is 0.0500. The summed E-state index contributed by atoms with van der Waals surface area (Å²) in [5.74, 6) is -2.72. The summed E-state index contributed by atoms with van der Waals surface area (Å²) in [7, 11) is 1.92. The van der Waals surface area contributed by atoms with Crippen LogP contribution < -0.4 is 15.6 Å². The number of thioether (sulfide) groups is 1. The molecule has 1 saturated heterocycles. The maximum absolute atomic E-state index is 13.0. The van der Waals surface area contributed by atoms with Gasteiger partial charge in [-0.1, -0.05) is 39.9 Å². The number of carbonyl (C=O) groups is 3. The number of halogens is 1. The molecule has 12 nitrogen and oxygen atoms in total. The summed E-state index contributed by atoms with van der Waals surface area (Å²) >= 11 is 9.52. The van der Waals surface area contributed by atoms with Crippen molar-refractivity contribution < 1.29 is 29.3 Å². The van der Waals surface area contributed by atoms with E-state index in [2.05, 4.69) is 20.4 Å². The maximum atomic E-state index is 13.0. The SMILES string of the molecule is C[n+]1ccc(-c2csc(SC3=C(C(=O)O)N4C(=O)[C@@H](NC(=O)/C(=N\O)c5nc(N)sc5Cl)[C@H]4CC3)n2)cc1. The van der Waals surface area contributed by atoms with Crippen molar-refractivity contribution in [3.63, 3.8) is 0 Å². The first kappa shape index (κ1) is 26.1. The molecule has 0 aliphatic carbocycles. The fraction of sp³-hybridized carbons (Fsp3) is 0.227. The lowest BCUT2D eigenvalue weighted by Crippen LogP contribution is -2.72. The van der Waals surface area contributed by atoms with Gasteiger partial charge in [0.15, 0.2) is 27.6 Å². The van der Waals surface area contributed by atoms with Crippen LogP contribution in [0.2, 0.25) is 4.34 Å². The van der Waals surface area contributed by atoms with Crippen molar-refractivity contribution >= 4 is 74.7 Å². The van der Waals surface area contributed by atoms with E-state index in [1.807, 2.05) is 41.5 Å². The molecule has 2 atom stereocenters. The molecule has 3 aromatic rings. The van der Waals surface area contributed by atoms with Crippen LogP contribution in [0.5, 0.6) is 0 Å². The Hall–Kier alpha value is -3.53. The van der Waals surface area contributed by atoms with Crippen molar-refractivity contribution in [2.24, 2.45) is 12.2 Å². The zero-order valence-electron chi connectivity index (χ0n) is 19.5. The number of β-lactam (4-membered cyclic amide) rings is 1. The minimum Gasteiger partial charge on any atom is -0.477 e. The Morgan fingerprint density at radius 3 is 2.71 bits per heavy atom. The number of thiazole rings is 2. The monoisotopic (exact) mass is 592 g/mol. The maximum Gasteiger partial charge on any atom is 0.353 e. The second-order valence-corrected chi connectivity index (χ2v) is 12.2. The van der Waals surface area contributed by atoms with Crippen LogP contribution in [0.15, 0.2) is 50.0 Å². The highest BCUT2D eigenvalue weighted by atomic mass is 35.5. The third-order valence-electron chi connectivity index (χ3n) is 5.99. The Morgan fingerprint density at radius 2 is 2.08 bits per heavy atom. The van der Waals surface area contributed by atoms with E-state index in [1.165, 1.54) is 28.0 Å².